The molecule has 32 heavy (non-hydrogen) atoms. The lowest BCUT2D eigenvalue weighted by Crippen LogP contribution is -2.69. The van der Waals surface area contributed by atoms with Gasteiger partial charge in [0.25, 0.3) is 0 Å². The fourth-order valence-electron chi connectivity index (χ4n) is 6.26. The Kier molecular flexibility index (Phi) is 4.94. The average Bonchev–Trinajstić information content (AvgIpc) is 2.72. The second-order valence-electron chi connectivity index (χ2n) is 10.1. The molecular formula is C21H26F2O9. The van der Waals surface area contributed by atoms with Crippen LogP contribution in [-0.4, -0.2) is 68.4 Å². The standard InChI is InChI=1S/C21H26F2O9/c1-18(22,23)16(25)27-7-15(24)32-20-4-12-2-13(5-20)21(14(3-12)6-20)30-10-19(11-31-21)8-28-17(26)29-9-19/h12-14H,2-11H2,1H3. The predicted molar refractivity (Wildman–Crippen MR) is 98.3 cm³/mol. The molecule has 6 rings (SSSR count). The van der Waals surface area contributed by atoms with Crippen molar-refractivity contribution >= 4 is 18.1 Å². The largest absolute Gasteiger partial charge is 0.508 e. The zero-order valence-corrected chi connectivity index (χ0v) is 17.7. The van der Waals surface area contributed by atoms with Crippen LogP contribution in [0, 0.1) is 23.2 Å². The van der Waals surface area contributed by atoms with Crippen molar-refractivity contribution < 1.29 is 51.6 Å². The summed E-state index contributed by atoms with van der Waals surface area (Å²) in [5.41, 5.74) is -1.26. The highest BCUT2D eigenvalue weighted by atomic mass is 19.3. The van der Waals surface area contributed by atoms with Crippen molar-refractivity contribution in [3.63, 3.8) is 0 Å². The normalized spacial score (nSPS) is 36.5. The first-order valence-corrected chi connectivity index (χ1v) is 10.9. The summed E-state index contributed by atoms with van der Waals surface area (Å²) in [6.07, 6.45) is 2.82. The number of carbonyl (C=O) groups excluding carboxylic acids is 3. The van der Waals surface area contributed by atoms with Crippen LogP contribution in [0.15, 0.2) is 0 Å². The number of alkyl halides is 2. The highest BCUT2D eigenvalue weighted by Gasteiger charge is 2.67. The van der Waals surface area contributed by atoms with Crippen LogP contribution in [0.4, 0.5) is 13.6 Å². The summed E-state index contributed by atoms with van der Waals surface area (Å²) in [6.45, 7) is 0.603. The van der Waals surface area contributed by atoms with Gasteiger partial charge in [-0.1, -0.05) is 0 Å². The van der Waals surface area contributed by atoms with Crippen LogP contribution in [0.3, 0.4) is 0 Å². The number of esters is 2. The molecule has 2 heterocycles. The van der Waals surface area contributed by atoms with Crippen LogP contribution >= 0.6 is 0 Å². The smallest absolute Gasteiger partial charge is 0.457 e. The molecule has 6 aliphatic rings. The molecule has 0 amide bonds. The fourth-order valence-corrected chi connectivity index (χ4v) is 6.26. The van der Waals surface area contributed by atoms with E-state index in [4.69, 9.17) is 23.7 Å². The first kappa shape index (κ1) is 21.8. The molecular weight excluding hydrogens is 434 g/mol. The van der Waals surface area contributed by atoms with E-state index in [9.17, 15) is 23.2 Å². The van der Waals surface area contributed by atoms with E-state index in [-0.39, 0.29) is 25.0 Å². The molecule has 0 aromatic rings. The van der Waals surface area contributed by atoms with Gasteiger partial charge in [-0.3, -0.25) is 0 Å². The van der Waals surface area contributed by atoms with Gasteiger partial charge in [-0.05, 0) is 38.0 Å². The summed E-state index contributed by atoms with van der Waals surface area (Å²) in [6, 6.07) is 0. The first-order valence-electron chi connectivity index (χ1n) is 10.9. The lowest BCUT2D eigenvalue weighted by atomic mass is 9.51. The van der Waals surface area contributed by atoms with Crippen molar-refractivity contribution in [2.75, 3.05) is 33.0 Å². The third-order valence-corrected chi connectivity index (χ3v) is 7.48. The molecule has 4 saturated carbocycles. The van der Waals surface area contributed by atoms with Crippen LogP contribution in [0.25, 0.3) is 0 Å². The molecule has 0 radical (unpaired) electrons. The van der Waals surface area contributed by atoms with Crippen molar-refractivity contribution in [2.45, 2.75) is 56.3 Å². The van der Waals surface area contributed by atoms with Crippen molar-refractivity contribution in [2.24, 2.45) is 23.2 Å². The maximum absolute atomic E-state index is 13.0. The molecule has 2 saturated heterocycles. The Balaban J connectivity index is 1.23. The monoisotopic (exact) mass is 460 g/mol. The molecule has 2 spiro atoms. The van der Waals surface area contributed by atoms with Gasteiger partial charge >= 0.3 is 24.0 Å². The molecule has 2 aliphatic heterocycles. The Morgan fingerprint density at radius 2 is 1.62 bits per heavy atom. The highest BCUT2D eigenvalue weighted by Crippen LogP contribution is 2.63. The predicted octanol–water partition coefficient (Wildman–Crippen LogP) is 2.20. The molecule has 11 heteroatoms. The number of hydrogen-bond donors (Lipinski definition) is 0. The fraction of sp³-hybridized carbons (Fsp3) is 0.857. The van der Waals surface area contributed by atoms with Crippen LogP contribution in [-0.2, 0) is 38.0 Å². The van der Waals surface area contributed by atoms with Crippen molar-refractivity contribution in [3.05, 3.63) is 0 Å². The van der Waals surface area contributed by atoms with E-state index in [1.165, 1.54) is 0 Å². The summed E-state index contributed by atoms with van der Waals surface area (Å²) < 4.78 is 58.8. The van der Waals surface area contributed by atoms with Gasteiger partial charge in [0.05, 0.1) is 18.6 Å². The molecule has 178 valence electrons. The Morgan fingerprint density at radius 1 is 1.03 bits per heavy atom. The van der Waals surface area contributed by atoms with E-state index >= 15 is 0 Å². The maximum atomic E-state index is 13.0. The van der Waals surface area contributed by atoms with E-state index in [1.54, 1.807) is 0 Å². The van der Waals surface area contributed by atoms with Crippen LogP contribution in [0.1, 0.15) is 39.0 Å². The molecule has 0 N–H and O–H groups in total. The topological polar surface area (TPSA) is 107 Å². The van der Waals surface area contributed by atoms with Crippen LogP contribution in [0.2, 0.25) is 0 Å². The lowest BCUT2D eigenvalue weighted by molar-refractivity contribution is -0.398. The summed E-state index contributed by atoms with van der Waals surface area (Å²) in [5, 5.41) is 0. The van der Waals surface area contributed by atoms with Gasteiger partial charge in [-0.25, -0.2) is 14.4 Å². The Bertz CT molecular complexity index is 785. The third-order valence-electron chi connectivity index (χ3n) is 7.48. The number of halogens is 2. The van der Waals surface area contributed by atoms with Crippen LogP contribution < -0.4 is 0 Å². The van der Waals surface area contributed by atoms with Gasteiger partial charge in [0, 0.05) is 18.8 Å². The Morgan fingerprint density at radius 3 is 2.19 bits per heavy atom. The molecule has 0 aromatic carbocycles. The second-order valence-corrected chi connectivity index (χ2v) is 10.1. The molecule has 6 fully saturated rings. The van der Waals surface area contributed by atoms with E-state index in [0.717, 1.165) is 12.8 Å². The SMILES string of the molecule is CC(F)(F)C(=O)OCC(=O)OC12CC3CC(C1)C1(OCC4(COC(=O)OC4)CO1)C(C3)C2. The summed E-state index contributed by atoms with van der Waals surface area (Å²) in [5.74, 6) is -6.67. The summed E-state index contributed by atoms with van der Waals surface area (Å²) in [7, 11) is 0. The minimum Gasteiger partial charge on any atom is -0.457 e. The third kappa shape index (κ3) is 3.63. The number of cyclic esters (lactones) is 2. The number of rotatable bonds is 4. The lowest BCUT2D eigenvalue weighted by Gasteiger charge is -2.65. The molecule has 4 bridgehead atoms. The van der Waals surface area contributed by atoms with E-state index in [0.29, 0.717) is 45.3 Å². The summed E-state index contributed by atoms with van der Waals surface area (Å²) >= 11 is 0. The second kappa shape index (κ2) is 7.24. The average molecular weight is 460 g/mol. The van der Waals surface area contributed by atoms with E-state index in [2.05, 4.69) is 4.74 Å². The Hall–Kier alpha value is -2.01. The zero-order chi connectivity index (χ0) is 22.8. The quantitative estimate of drug-likeness (QED) is 0.461. The minimum absolute atomic E-state index is 0.00786. The van der Waals surface area contributed by atoms with Gasteiger partial charge in [0.15, 0.2) is 12.4 Å². The Labute approximate surface area is 183 Å². The molecule has 2 unspecified atom stereocenters. The highest BCUT2D eigenvalue weighted by molar-refractivity contribution is 5.80. The van der Waals surface area contributed by atoms with Gasteiger partial charge in [0.2, 0.25) is 0 Å². The molecule has 2 atom stereocenters. The number of carbonyl (C=O) groups is 3. The molecule has 9 nitrogen and oxygen atoms in total. The van der Waals surface area contributed by atoms with Gasteiger partial charge < -0.3 is 28.4 Å². The van der Waals surface area contributed by atoms with Crippen molar-refractivity contribution in [3.8, 4) is 0 Å². The van der Waals surface area contributed by atoms with Gasteiger partial charge in [-0.2, -0.15) is 8.78 Å². The summed E-state index contributed by atoms with van der Waals surface area (Å²) in [4.78, 5) is 34.7. The minimum atomic E-state index is -3.66. The van der Waals surface area contributed by atoms with Crippen molar-refractivity contribution in [1.29, 1.82) is 0 Å². The maximum Gasteiger partial charge on any atom is 0.508 e. The van der Waals surface area contributed by atoms with Gasteiger partial charge in [-0.15, -0.1) is 0 Å². The first-order chi connectivity index (χ1) is 15.0. The van der Waals surface area contributed by atoms with Gasteiger partial charge in [0.1, 0.15) is 18.8 Å². The number of hydrogen-bond acceptors (Lipinski definition) is 9. The zero-order valence-electron chi connectivity index (χ0n) is 17.7. The van der Waals surface area contributed by atoms with Crippen molar-refractivity contribution in [1.82, 2.24) is 0 Å². The van der Waals surface area contributed by atoms with E-state index in [1.807, 2.05) is 0 Å². The molecule has 4 aliphatic carbocycles. The molecule has 0 aromatic heterocycles. The van der Waals surface area contributed by atoms with E-state index < -0.39 is 47.4 Å². The number of ether oxygens (including phenoxy) is 6. The van der Waals surface area contributed by atoms with Crippen LogP contribution in [0.5, 0.6) is 0 Å².